The van der Waals surface area contributed by atoms with E-state index in [0.29, 0.717) is 13.2 Å². The molecule has 2 atom stereocenters. The van der Waals surface area contributed by atoms with E-state index in [1.165, 1.54) is 7.05 Å². The van der Waals surface area contributed by atoms with Crippen molar-refractivity contribution in [2.75, 3.05) is 27.2 Å². The maximum Gasteiger partial charge on any atom is 0.321 e. The van der Waals surface area contributed by atoms with Crippen LogP contribution in [0.5, 0.6) is 5.75 Å². The maximum atomic E-state index is 11.8. The molecule has 0 aliphatic heterocycles. The third kappa shape index (κ3) is 5.27. The quantitative estimate of drug-likeness (QED) is 0.653. The molecule has 1 aromatic carbocycles. The molecule has 0 aliphatic carbocycles. The van der Waals surface area contributed by atoms with Gasteiger partial charge in [-0.2, -0.15) is 0 Å². The van der Waals surface area contributed by atoms with E-state index in [2.05, 4.69) is 10.6 Å². The van der Waals surface area contributed by atoms with E-state index < -0.39 is 6.03 Å². The Labute approximate surface area is 119 Å². The topological polar surface area (TPSA) is 71.9 Å². The van der Waals surface area contributed by atoms with Crippen LogP contribution in [0, 0.1) is 0 Å². The Hall–Kier alpha value is -2.08. The van der Waals surface area contributed by atoms with Crippen LogP contribution < -0.4 is 20.3 Å². The number of quaternary nitrogens is 1. The first kappa shape index (κ1) is 16.0. The van der Waals surface area contributed by atoms with Gasteiger partial charge in [-0.3, -0.25) is 10.1 Å². The lowest BCUT2D eigenvalue weighted by atomic mass is 10.3. The fraction of sp³-hybridized carbons (Fsp3) is 0.429. The van der Waals surface area contributed by atoms with Gasteiger partial charge in [0, 0.05) is 7.05 Å². The molecule has 0 saturated carbocycles. The number of benzene rings is 1. The summed E-state index contributed by atoms with van der Waals surface area (Å²) >= 11 is 0. The van der Waals surface area contributed by atoms with E-state index in [1.807, 2.05) is 37.4 Å². The molecule has 0 heterocycles. The first-order chi connectivity index (χ1) is 9.54. The lowest BCUT2D eigenvalue weighted by Crippen LogP contribution is -3.14. The summed E-state index contributed by atoms with van der Waals surface area (Å²) in [5.74, 6) is 0.504. The van der Waals surface area contributed by atoms with Crippen LogP contribution in [0.2, 0.25) is 0 Å². The molecule has 0 radical (unpaired) electrons. The van der Waals surface area contributed by atoms with E-state index in [1.54, 1.807) is 6.92 Å². The highest BCUT2D eigenvalue weighted by Gasteiger charge is 2.22. The lowest BCUT2D eigenvalue weighted by Gasteiger charge is -2.20. The van der Waals surface area contributed by atoms with Gasteiger partial charge in [0.1, 0.15) is 18.9 Å². The van der Waals surface area contributed by atoms with Crippen molar-refractivity contribution in [3.8, 4) is 5.75 Å². The molecule has 20 heavy (non-hydrogen) atoms. The highest BCUT2D eigenvalue weighted by atomic mass is 16.5. The molecule has 1 rings (SSSR count). The molecule has 110 valence electrons. The summed E-state index contributed by atoms with van der Waals surface area (Å²) in [5.41, 5.74) is 0. The molecule has 0 fully saturated rings. The van der Waals surface area contributed by atoms with Crippen molar-refractivity contribution in [1.82, 2.24) is 10.6 Å². The molecule has 0 aliphatic rings. The Morgan fingerprint density at radius 3 is 2.55 bits per heavy atom. The van der Waals surface area contributed by atoms with Gasteiger partial charge in [-0.25, -0.2) is 4.79 Å². The van der Waals surface area contributed by atoms with Gasteiger partial charge in [0.05, 0.1) is 7.05 Å². The first-order valence-corrected chi connectivity index (χ1v) is 6.57. The number of carbonyl (C=O) groups is 2. The fourth-order valence-electron chi connectivity index (χ4n) is 1.57. The van der Waals surface area contributed by atoms with Crippen molar-refractivity contribution in [2.45, 2.75) is 13.0 Å². The number of likely N-dealkylation sites (N-methyl/N-ethyl adjacent to an activating group) is 1. The molecular formula is C14H22N3O3+. The van der Waals surface area contributed by atoms with E-state index in [-0.39, 0.29) is 11.9 Å². The highest BCUT2D eigenvalue weighted by Crippen LogP contribution is 2.07. The van der Waals surface area contributed by atoms with Crippen molar-refractivity contribution < 1.29 is 19.2 Å². The zero-order chi connectivity index (χ0) is 15.0. The van der Waals surface area contributed by atoms with Crippen LogP contribution in [0.15, 0.2) is 30.3 Å². The van der Waals surface area contributed by atoms with Crippen LogP contribution in [-0.2, 0) is 4.79 Å². The SMILES string of the molecule is CNC(=O)NC(=O)[C@@H](C)[NH+](C)CCOc1ccccc1. The minimum absolute atomic E-state index is 0.304. The normalized spacial score (nSPS) is 13.2. The molecule has 0 spiro atoms. The van der Waals surface area contributed by atoms with Gasteiger partial charge in [-0.15, -0.1) is 0 Å². The number of rotatable bonds is 6. The van der Waals surface area contributed by atoms with E-state index in [4.69, 9.17) is 4.74 Å². The number of ether oxygens (including phenoxy) is 1. The number of carbonyl (C=O) groups excluding carboxylic acids is 2. The van der Waals surface area contributed by atoms with Gasteiger partial charge in [-0.1, -0.05) is 18.2 Å². The van der Waals surface area contributed by atoms with Crippen LogP contribution in [0.25, 0.3) is 0 Å². The zero-order valence-electron chi connectivity index (χ0n) is 12.1. The van der Waals surface area contributed by atoms with Crippen molar-refractivity contribution >= 4 is 11.9 Å². The molecule has 0 aromatic heterocycles. The Morgan fingerprint density at radius 2 is 1.95 bits per heavy atom. The molecule has 0 bridgehead atoms. The third-order valence-electron chi connectivity index (χ3n) is 3.10. The summed E-state index contributed by atoms with van der Waals surface area (Å²) in [7, 11) is 3.36. The minimum atomic E-state index is -0.491. The minimum Gasteiger partial charge on any atom is -0.488 e. The van der Waals surface area contributed by atoms with Gasteiger partial charge < -0.3 is 15.0 Å². The summed E-state index contributed by atoms with van der Waals surface area (Å²) in [6, 6.07) is 8.70. The second-order valence-electron chi connectivity index (χ2n) is 4.55. The number of amides is 3. The molecule has 3 amide bonds. The van der Waals surface area contributed by atoms with Crippen LogP contribution in [0.4, 0.5) is 4.79 Å². The predicted molar refractivity (Wildman–Crippen MR) is 75.8 cm³/mol. The average Bonchev–Trinajstić information content (AvgIpc) is 2.47. The van der Waals surface area contributed by atoms with Gasteiger partial charge in [-0.05, 0) is 19.1 Å². The Morgan fingerprint density at radius 1 is 1.30 bits per heavy atom. The van der Waals surface area contributed by atoms with E-state index in [9.17, 15) is 9.59 Å². The van der Waals surface area contributed by atoms with E-state index in [0.717, 1.165) is 10.6 Å². The first-order valence-electron chi connectivity index (χ1n) is 6.57. The zero-order valence-corrected chi connectivity index (χ0v) is 12.1. The number of nitrogens with one attached hydrogen (secondary N) is 3. The second kappa shape index (κ2) is 8.16. The third-order valence-corrected chi connectivity index (χ3v) is 3.10. The fourth-order valence-corrected chi connectivity index (χ4v) is 1.57. The van der Waals surface area contributed by atoms with Gasteiger partial charge >= 0.3 is 6.03 Å². The molecule has 3 N–H and O–H groups in total. The second-order valence-corrected chi connectivity index (χ2v) is 4.55. The van der Waals surface area contributed by atoms with Gasteiger partial charge in [0.15, 0.2) is 6.04 Å². The van der Waals surface area contributed by atoms with Crippen molar-refractivity contribution in [2.24, 2.45) is 0 Å². The summed E-state index contributed by atoms with van der Waals surface area (Å²) < 4.78 is 5.58. The van der Waals surface area contributed by atoms with Crippen molar-refractivity contribution in [3.05, 3.63) is 30.3 Å². The average molecular weight is 280 g/mol. The molecule has 1 unspecified atom stereocenters. The standard InChI is InChI=1S/C14H21N3O3/c1-11(13(18)16-14(19)15-2)17(3)9-10-20-12-7-5-4-6-8-12/h4-8,11H,9-10H2,1-3H3,(H2,15,16,18,19)/p+1/t11-/m1/s1. The smallest absolute Gasteiger partial charge is 0.321 e. The van der Waals surface area contributed by atoms with Crippen LogP contribution in [0.3, 0.4) is 0 Å². The molecule has 1 aromatic rings. The van der Waals surface area contributed by atoms with E-state index >= 15 is 0 Å². The Kier molecular flexibility index (Phi) is 6.52. The van der Waals surface area contributed by atoms with Crippen LogP contribution >= 0.6 is 0 Å². The lowest BCUT2D eigenvalue weighted by molar-refractivity contribution is -0.894. The number of imide groups is 1. The molecule has 0 saturated heterocycles. The summed E-state index contributed by atoms with van der Waals surface area (Å²) in [5, 5.41) is 4.62. The summed E-state index contributed by atoms with van der Waals surface area (Å²) in [6.07, 6.45) is 0. The van der Waals surface area contributed by atoms with Crippen molar-refractivity contribution in [3.63, 3.8) is 0 Å². The van der Waals surface area contributed by atoms with Crippen molar-refractivity contribution in [1.29, 1.82) is 0 Å². The largest absolute Gasteiger partial charge is 0.488 e. The monoisotopic (exact) mass is 280 g/mol. The number of para-hydroxylation sites is 1. The van der Waals surface area contributed by atoms with Crippen LogP contribution in [0.1, 0.15) is 6.92 Å². The molecule has 6 heteroatoms. The van der Waals surface area contributed by atoms with Crippen LogP contribution in [-0.4, -0.2) is 45.2 Å². The summed E-state index contributed by atoms with van der Waals surface area (Å²) in [6.45, 7) is 2.95. The van der Waals surface area contributed by atoms with Gasteiger partial charge in [0.25, 0.3) is 5.91 Å². The molecular weight excluding hydrogens is 258 g/mol. The maximum absolute atomic E-state index is 11.8. The summed E-state index contributed by atoms with van der Waals surface area (Å²) in [4.78, 5) is 23.8. The highest BCUT2D eigenvalue weighted by molar-refractivity contribution is 5.96. The molecule has 6 nitrogen and oxygen atoms in total. The Balaban J connectivity index is 2.32. The Bertz CT molecular complexity index is 437. The van der Waals surface area contributed by atoms with Gasteiger partial charge in [0.2, 0.25) is 0 Å². The number of urea groups is 1. The number of hydrogen-bond donors (Lipinski definition) is 3. The number of hydrogen-bond acceptors (Lipinski definition) is 3. The predicted octanol–water partition coefficient (Wildman–Crippen LogP) is -0.576.